The van der Waals surface area contributed by atoms with Crippen LogP contribution in [-0.4, -0.2) is 43.1 Å². The Morgan fingerprint density at radius 1 is 1.15 bits per heavy atom. The minimum absolute atomic E-state index is 0.112. The van der Waals surface area contributed by atoms with Gasteiger partial charge in [-0.15, -0.1) is 11.3 Å². The van der Waals surface area contributed by atoms with E-state index in [9.17, 15) is 13.2 Å². The molecular formula is C25H29N3O3S2. The zero-order chi connectivity index (χ0) is 23.4. The summed E-state index contributed by atoms with van der Waals surface area (Å²) < 4.78 is 27.9. The largest absolute Gasteiger partial charge is 0.344 e. The summed E-state index contributed by atoms with van der Waals surface area (Å²) in [6.45, 7) is 5.84. The number of sulfonamides is 1. The summed E-state index contributed by atoms with van der Waals surface area (Å²) in [5.74, 6) is 1.15. The molecule has 1 aliphatic heterocycles. The number of piperidine rings is 1. The lowest BCUT2D eigenvalue weighted by atomic mass is 10.0. The summed E-state index contributed by atoms with van der Waals surface area (Å²) >= 11 is 1.63. The third kappa shape index (κ3) is 5.51. The van der Waals surface area contributed by atoms with Crippen LogP contribution in [0.3, 0.4) is 0 Å². The SMILES string of the molecule is Cc1cccnc1N(CC(=O)c1cccc(S(=O)(=O)N2CCC(C)CC2)c1)Cc1cccs1. The second-order valence-electron chi connectivity index (χ2n) is 8.62. The van der Waals surface area contributed by atoms with Gasteiger partial charge in [0, 0.05) is 29.7 Å². The number of ketones is 1. The molecule has 1 fully saturated rings. The van der Waals surface area contributed by atoms with Gasteiger partial charge in [0.05, 0.1) is 18.0 Å². The quantitative estimate of drug-likeness (QED) is 0.432. The lowest BCUT2D eigenvalue weighted by Gasteiger charge is -2.29. The predicted octanol–water partition coefficient (Wildman–Crippen LogP) is 4.76. The number of pyridine rings is 1. The summed E-state index contributed by atoms with van der Waals surface area (Å²) in [5, 5.41) is 2.01. The van der Waals surface area contributed by atoms with Crippen LogP contribution in [0.2, 0.25) is 0 Å². The fraction of sp³-hybridized carbons (Fsp3) is 0.360. The molecule has 1 saturated heterocycles. The molecule has 0 amide bonds. The number of Topliss-reactive ketones (excluding diaryl/α,β-unsaturated/α-hetero) is 1. The van der Waals surface area contributed by atoms with Crippen LogP contribution < -0.4 is 4.90 Å². The standard InChI is InChI=1S/C25H29N3O3S2/c1-19-10-13-28(14-11-19)33(30,31)23-9-3-7-21(16-23)24(29)18-27(17-22-8-5-15-32-22)25-20(2)6-4-12-26-25/h3-9,12,15-16,19H,10-11,13-14,17-18H2,1-2H3. The fourth-order valence-corrected chi connectivity index (χ4v) is 6.31. The molecule has 2 aromatic heterocycles. The van der Waals surface area contributed by atoms with Gasteiger partial charge in [0.2, 0.25) is 10.0 Å². The molecule has 1 aliphatic rings. The molecule has 33 heavy (non-hydrogen) atoms. The van der Waals surface area contributed by atoms with Gasteiger partial charge in [-0.2, -0.15) is 4.31 Å². The van der Waals surface area contributed by atoms with Crippen molar-refractivity contribution < 1.29 is 13.2 Å². The van der Waals surface area contributed by atoms with Gasteiger partial charge in [0.1, 0.15) is 5.82 Å². The zero-order valence-electron chi connectivity index (χ0n) is 19.0. The van der Waals surface area contributed by atoms with E-state index in [1.807, 2.05) is 41.5 Å². The van der Waals surface area contributed by atoms with Gasteiger partial charge in [-0.1, -0.05) is 31.2 Å². The Morgan fingerprint density at radius 2 is 1.94 bits per heavy atom. The van der Waals surface area contributed by atoms with Gasteiger partial charge < -0.3 is 4.90 Å². The molecular weight excluding hydrogens is 454 g/mol. The maximum Gasteiger partial charge on any atom is 0.243 e. The first-order valence-corrected chi connectivity index (χ1v) is 13.5. The molecule has 0 N–H and O–H groups in total. The lowest BCUT2D eigenvalue weighted by molar-refractivity contribution is 0.0998. The Kier molecular flexibility index (Phi) is 7.26. The van der Waals surface area contributed by atoms with Crippen LogP contribution in [0.25, 0.3) is 0 Å². The van der Waals surface area contributed by atoms with Gasteiger partial charge in [0.25, 0.3) is 0 Å². The number of carbonyl (C=O) groups is 1. The fourth-order valence-electron chi connectivity index (χ4n) is 4.07. The average molecular weight is 484 g/mol. The highest BCUT2D eigenvalue weighted by atomic mass is 32.2. The van der Waals surface area contributed by atoms with E-state index in [0.29, 0.717) is 31.1 Å². The third-order valence-electron chi connectivity index (χ3n) is 6.08. The van der Waals surface area contributed by atoms with Crippen molar-refractivity contribution in [2.45, 2.75) is 38.1 Å². The zero-order valence-corrected chi connectivity index (χ0v) is 20.6. The average Bonchev–Trinajstić information content (AvgIpc) is 3.32. The minimum Gasteiger partial charge on any atom is -0.344 e. The molecule has 0 radical (unpaired) electrons. The first kappa shape index (κ1) is 23.6. The molecule has 8 heteroatoms. The Hall–Kier alpha value is -2.55. The van der Waals surface area contributed by atoms with E-state index in [2.05, 4.69) is 11.9 Å². The molecule has 3 aromatic rings. The minimum atomic E-state index is -3.61. The molecule has 3 heterocycles. The number of carbonyl (C=O) groups excluding carboxylic acids is 1. The second kappa shape index (κ2) is 10.2. The number of nitrogens with zero attached hydrogens (tertiary/aromatic N) is 3. The van der Waals surface area contributed by atoms with Gasteiger partial charge in [-0.3, -0.25) is 4.79 Å². The van der Waals surface area contributed by atoms with Crippen molar-refractivity contribution in [3.63, 3.8) is 0 Å². The summed E-state index contributed by atoms with van der Waals surface area (Å²) in [5.41, 5.74) is 1.38. The number of aromatic nitrogens is 1. The van der Waals surface area contributed by atoms with E-state index in [1.165, 1.54) is 10.4 Å². The summed E-state index contributed by atoms with van der Waals surface area (Å²) in [6, 6.07) is 14.3. The van der Waals surface area contributed by atoms with Gasteiger partial charge in [0.15, 0.2) is 5.78 Å². The molecule has 0 saturated carbocycles. The molecule has 6 nitrogen and oxygen atoms in total. The van der Waals surface area contributed by atoms with Crippen LogP contribution in [0.1, 0.15) is 40.6 Å². The number of hydrogen-bond donors (Lipinski definition) is 0. The normalized spacial score (nSPS) is 15.5. The number of benzene rings is 1. The van der Waals surface area contributed by atoms with E-state index in [4.69, 9.17) is 0 Å². The molecule has 0 bridgehead atoms. The maximum atomic E-state index is 13.3. The molecule has 0 atom stereocenters. The highest BCUT2D eigenvalue weighted by Gasteiger charge is 2.28. The summed E-state index contributed by atoms with van der Waals surface area (Å²) in [7, 11) is -3.61. The highest BCUT2D eigenvalue weighted by molar-refractivity contribution is 7.89. The van der Waals surface area contributed by atoms with E-state index < -0.39 is 10.0 Å². The molecule has 0 unspecified atom stereocenters. The van der Waals surface area contributed by atoms with Crippen molar-refractivity contribution in [1.29, 1.82) is 0 Å². The van der Waals surface area contributed by atoms with Crippen LogP contribution in [0.5, 0.6) is 0 Å². The third-order valence-corrected chi connectivity index (χ3v) is 8.83. The summed E-state index contributed by atoms with van der Waals surface area (Å²) in [4.78, 5) is 21.1. The van der Waals surface area contributed by atoms with Gasteiger partial charge in [-0.25, -0.2) is 13.4 Å². The van der Waals surface area contributed by atoms with Crippen LogP contribution in [0, 0.1) is 12.8 Å². The highest BCUT2D eigenvalue weighted by Crippen LogP contribution is 2.25. The maximum absolute atomic E-state index is 13.3. The predicted molar refractivity (Wildman–Crippen MR) is 132 cm³/mol. The second-order valence-corrected chi connectivity index (χ2v) is 11.6. The van der Waals surface area contributed by atoms with E-state index >= 15 is 0 Å². The van der Waals surface area contributed by atoms with Crippen LogP contribution in [0.4, 0.5) is 5.82 Å². The van der Waals surface area contributed by atoms with E-state index in [-0.39, 0.29) is 17.2 Å². The molecule has 0 spiro atoms. The smallest absolute Gasteiger partial charge is 0.243 e. The first-order chi connectivity index (χ1) is 15.8. The Bertz CT molecular complexity index is 1200. The van der Waals surface area contributed by atoms with E-state index in [1.54, 1.807) is 35.7 Å². The molecule has 1 aromatic carbocycles. The van der Waals surface area contributed by atoms with E-state index in [0.717, 1.165) is 29.1 Å². The van der Waals surface area contributed by atoms with Crippen LogP contribution in [0.15, 0.2) is 65.0 Å². The monoisotopic (exact) mass is 483 g/mol. The van der Waals surface area contributed by atoms with Crippen LogP contribution >= 0.6 is 11.3 Å². The molecule has 174 valence electrons. The van der Waals surface area contributed by atoms with Crippen molar-refractivity contribution in [3.8, 4) is 0 Å². The lowest BCUT2D eigenvalue weighted by Crippen LogP contribution is -2.38. The number of aryl methyl sites for hydroxylation is 1. The Labute approximate surface area is 199 Å². The topological polar surface area (TPSA) is 70.6 Å². The molecule has 0 aliphatic carbocycles. The number of rotatable bonds is 8. The first-order valence-electron chi connectivity index (χ1n) is 11.2. The molecule has 4 rings (SSSR count). The Morgan fingerprint density at radius 3 is 2.64 bits per heavy atom. The van der Waals surface area contributed by atoms with Gasteiger partial charge in [-0.05, 0) is 60.9 Å². The Balaban J connectivity index is 1.57. The number of thiophene rings is 1. The van der Waals surface area contributed by atoms with Crippen molar-refractivity contribution in [2.24, 2.45) is 5.92 Å². The number of hydrogen-bond acceptors (Lipinski definition) is 6. The van der Waals surface area contributed by atoms with Crippen molar-refractivity contribution in [3.05, 3.63) is 76.1 Å². The van der Waals surface area contributed by atoms with Crippen molar-refractivity contribution in [1.82, 2.24) is 9.29 Å². The van der Waals surface area contributed by atoms with Crippen molar-refractivity contribution >= 4 is 33.0 Å². The van der Waals surface area contributed by atoms with Crippen LogP contribution in [-0.2, 0) is 16.6 Å². The number of anilines is 1. The van der Waals surface area contributed by atoms with Crippen molar-refractivity contribution in [2.75, 3.05) is 24.5 Å². The van der Waals surface area contributed by atoms with Gasteiger partial charge >= 0.3 is 0 Å². The summed E-state index contributed by atoms with van der Waals surface area (Å²) in [6.07, 6.45) is 3.44.